The third-order valence-electron chi connectivity index (χ3n) is 4.53. The highest BCUT2D eigenvalue weighted by molar-refractivity contribution is 7.14. The quantitative estimate of drug-likeness (QED) is 0.858. The molecule has 1 aliphatic heterocycles. The number of nitrogens with zero attached hydrogens (tertiary/aromatic N) is 1. The SMILES string of the molecule is Cc1ccc(-c2csc(NC(=O)[C@H]3CCN[C@@H](C)C3)n2)cc1C.Cl. The summed E-state index contributed by atoms with van der Waals surface area (Å²) in [6.45, 7) is 7.24. The number of hydrogen-bond acceptors (Lipinski definition) is 4. The van der Waals surface area contributed by atoms with Crippen molar-refractivity contribution in [2.24, 2.45) is 5.92 Å². The molecule has 0 spiro atoms. The van der Waals surface area contributed by atoms with Crippen LogP contribution in [0.3, 0.4) is 0 Å². The van der Waals surface area contributed by atoms with Gasteiger partial charge < -0.3 is 10.6 Å². The number of carbonyl (C=O) groups is 1. The van der Waals surface area contributed by atoms with Crippen LogP contribution in [0.5, 0.6) is 0 Å². The van der Waals surface area contributed by atoms with E-state index in [-0.39, 0.29) is 24.2 Å². The minimum atomic E-state index is 0. The lowest BCUT2D eigenvalue weighted by Gasteiger charge is -2.26. The van der Waals surface area contributed by atoms with Gasteiger partial charge in [0.25, 0.3) is 0 Å². The first kappa shape index (κ1) is 18.9. The molecule has 2 N–H and O–H groups in total. The number of nitrogens with one attached hydrogen (secondary N) is 2. The molecule has 0 aliphatic carbocycles. The first-order chi connectivity index (χ1) is 11.0. The maximum Gasteiger partial charge on any atom is 0.229 e. The van der Waals surface area contributed by atoms with Gasteiger partial charge >= 0.3 is 0 Å². The lowest BCUT2D eigenvalue weighted by atomic mass is 9.92. The molecule has 24 heavy (non-hydrogen) atoms. The van der Waals surface area contributed by atoms with Gasteiger partial charge in [0.15, 0.2) is 5.13 Å². The number of hydrogen-bond donors (Lipinski definition) is 2. The number of aryl methyl sites for hydroxylation is 2. The number of halogens is 1. The Labute approximate surface area is 153 Å². The second-order valence-electron chi connectivity index (χ2n) is 6.40. The summed E-state index contributed by atoms with van der Waals surface area (Å²) in [7, 11) is 0. The zero-order chi connectivity index (χ0) is 16.4. The first-order valence-corrected chi connectivity index (χ1v) is 8.98. The van der Waals surface area contributed by atoms with E-state index in [2.05, 4.69) is 54.6 Å². The standard InChI is InChI=1S/C18H23N3OS.ClH/c1-11-4-5-14(8-12(11)2)16-10-23-18(20-16)21-17(22)15-6-7-19-13(3)9-15;/h4-5,8,10,13,15,19H,6-7,9H2,1-3H3,(H,20,21,22);1H/t13-,15-;/m0./s1. The molecule has 0 saturated carbocycles. The van der Waals surface area contributed by atoms with Gasteiger partial charge in [0.1, 0.15) is 0 Å². The normalized spacial score (nSPS) is 20.3. The van der Waals surface area contributed by atoms with E-state index in [0.29, 0.717) is 11.2 Å². The molecule has 2 atom stereocenters. The van der Waals surface area contributed by atoms with Crippen molar-refractivity contribution in [2.75, 3.05) is 11.9 Å². The Morgan fingerprint density at radius 3 is 2.83 bits per heavy atom. The molecule has 2 heterocycles. The van der Waals surface area contributed by atoms with Gasteiger partial charge in [-0.15, -0.1) is 23.7 Å². The van der Waals surface area contributed by atoms with E-state index < -0.39 is 0 Å². The molecule has 1 aromatic carbocycles. The topological polar surface area (TPSA) is 54.0 Å². The van der Waals surface area contributed by atoms with Gasteiger partial charge in [-0.05, 0) is 57.4 Å². The molecule has 1 fully saturated rings. The molecule has 1 saturated heterocycles. The van der Waals surface area contributed by atoms with Gasteiger partial charge in [-0.3, -0.25) is 4.79 Å². The molecular formula is C18H24ClN3OS. The van der Waals surface area contributed by atoms with Gasteiger partial charge in [-0.25, -0.2) is 4.98 Å². The van der Waals surface area contributed by atoms with Crippen LogP contribution < -0.4 is 10.6 Å². The highest BCUT2D eigenvalue weighted by Crippen LogP contribution is 2.27. The molecule has 4 nitrogen and oxygen atoms in total. The number of piperidine rings is 1. The van der Waals surface area contributed by atoms with Crippen molar-refractivity contribution in [3.05, 3.63) is 34.7 Å². The summed E-state index contributed by atoms with van der Waals surface area (Å²) in [4.78, 5) is 17.0. The van der Waals surface area contributed by atoms with E-state index in [9.17, 15) is 4.79 Å². The van der Waals surface area contributed by atoms with Gasteiger partial charge in [0, 0.05) is 22.9 Å². The molecule has 0 radical (unpaired) electrons. The summed E-state index contributed by atoms with van der Waals surface area (Å²) in [5, 5.41) is 9.06. The van der Waals surface area contributed by atoms with Crippen LogP contribution in [0.1, 0.15) is 30.9 Å². The summed E-state index contributed by atoms with van der Waals surface area (Å²) in [5.74, 6) is 0.180. The molecule has 3 rings (SSSR count). The van der Waals surface area contributed by atoms with Crippen LogP contribution in [-0.2, 0) is 4.79 Å². The predicted molar refractivity (Wildman–Crippen MR) is 103 cm³/mol. The van der Waals surface area contributed by atoms with E-state index >= 15 is 0 Å². The van der Waals surface area contributed by atoms with E-state index in [0.717, 1.165) is 30.6 Å². The summed E-state index contributed by atoms with van der Waals surface area (Å²) < 4.78 is 0. The van der Waals surface area contributed by atoms with Crippen LogP contribution in [0.15, 0.2) is 23.6 Å². The van der Waals surface area contributed by atoms with Crippen molar-refractivity contribution in [3.63, 3.8) is 0 Å². The van der Waals surface area contributed by atoms with Gasteiger partial charge in [-0.2, -0.15) is 0 Å². The Balaban J connectivity index is 0.00000208. The molecule has 1 aliphatic rings. The van der Waals surface area contributed by atoms with Gasteiger partial charge in [-0.1, -0.05) is 12.1 Å². The maximum atomic E-state index is 12.4. The van der Waals surface area contributed by atoms with Gasteiger partial charge in [0.2, 0.25) is 5.91 Å². The number of benzene rings is 1. The van der Waals surface area contributed by atoms with Crippen LogP contribution in [0.2, 0.25) is 0 Å². The van der Waals surface area contributed by atoms with Crippen LogP contribution in [-0.4, -0.2) is 23.5 Å². The van der Waals surface area contributed by atoms with Crippen LogP contribution in [0.4, 0.5) is 5.13 Å². The van der Waals surface area contributed by atoms with Gasteiger partial charge in [0.05, 0.1) is 5.69 Å². The fourth-order valence-electron chi connectivity index (χ4n) is 2.94. The van der Waals surface area contributed by atoms with E-state index in [1.54, 1.807) is 0 Å². The summed E-state index contributed by atoms with van der Waals surface area (Å²) in [6.07, 6.45) is 1.78. The Kier molecular flexibility index (Phi) is 6.38. The second kappa shape index (κ2) is 8.10. The predicted octanol–water partition coefficient (Wildman–Crippen LogP) is 4.18. The van der Waals surface area contributed by atoms with E-state index in [4.69, 9.17) is 0 Å². The van der Waals surface area contributed by atoms with Crippen molar-refractivity contribution in [1.82, 2.24) is 10.3 Å². The average Bonchev–Trinajstić information content (AvgIpc) is 2.98. The molecule has 0 bridgehead atoms. The molecule has 6 heteroatoms. The lowest BCUT2D eigenvalue weighted by molar-refractivity contribution is -0.120. The Morgan fingerprint density at radius 2 is 2.12 bits per heavy atom. The molecule has 1 aromatic heterocycles. The monoisotopic (exact) mass is 365 g/mol. The van der Waals surface area contributed by atoms with Crippen LogP contribution >= 0.6 is 23.7 Å². The first-order valence-electron chi connectivity index (χ1n) is 8.10. The Morgan fingerprint density at radius 1 is 1.33 bits per heavy atom. The fourth-order valence-corrected chi connectivity index (χ4v) is 3.66. The summed E-state index contributed by atoms with van der Waals surface area (Å²) >= 11 is 1.49. The van der Waals surface area contributed by atoms with Crippen molar-refractivity contribution in [2.45, 2.75) is 39.7 Å². The van der Waals surface area contributed by atoms with E-state index in [1.165, 1.54) is 22.5 Å². The van der Waals surface area contributed by atoms with E-state index in [1.807, 2.05) is 5.38 Å². The highest BCUT2D eigenvalue weighted by Gasteiger charge is 2.25. The molecule has 0 unspecified atom stereocenters. The number of amides is 1. The second-order valence-corrected chi connectivity index (χ2v) is 7.26. The Hall–Kier alpha value is -1.43. The average molecular weight is 366 g/mol. The maximum absolute atomic E-state index is 12.4. The molecule has 2 aromatic rings. The fraction of sp³-hybridized carbons (Fsp3) is 0.444. The number of rotatable bonds is 3. The third-order valence-corrected chi connectivity index (χ3v) is 5.29. The van der Waals surface area contributed by atoms with Crippen molar-refractivity contribution in [3.8, 4) is 11.3 Å². The smallest absolute Gasteiger partial charge is 0.229 e. The van der Waals surface area contributed by atoms with Crippen LogP contribution in [0, 0.1) is 19.8 Å². The molecule has 130 valence electrons. The number of anilines is 1. The lowest BCUT2D eigenvalue weighted by Crippen LogP contribution is -2.40. The summed E-state index contributed by atoms with van der Waals surface area (Å²) in [6, 6.07) is 6.74. The van der Waals surface area contributed by atoms with Crippen molar-refractivity contribution >= 4 is 34.8 Å². The number of aromatic nitrogens is 1. The number of carbonyl (C=O) groups excluding carboxylic acids is 1. The molecular weight excluding hydrogens is 342 g/mol. The number of thiazole rings is 1. The molecule has 1 amide bonds. The van der Waals surface area contributed by atoms with Crippen molar-refractivity contribution < 1.29 is 4.79 Å². The minimum absolute atomic E-state index is 0. The minimum Gasteiger partial charge on any atom is -0.314 e. The van der Waals surface area contributed by atoms with Crippen molar-refractivity contribution in [1.29, 1.82) is 0 Å². The van der Waals surface area contributed by atoms with Crippen LogP contribution in [0.25, 0.3) is 11.3 Å². The largest absolute Gasteiger partial charge is 0.314 e. The summed E-state index contributed by atoms with van der Waals surface area (Å²) in [5.41, 5.74) is 4.55. The zero-order valence-electron chi connectivity index (χ0n) is 14.3. The Bertz CT molecular complexity index is 716. The highest BCUT2D eigenvalue weighted by atomic mass is 35.5. The third kappa shape index (κ3) is 4.35. The zero-order valence-corrected chi connectivity index (χ0v) is 15.9.